The van der Waals surface area contributed by atoms with E-state index < -0.39 is 0 Å². The summed E-state index contributed by atoms with van der Waals surface area (Å²) >= 11 is 0. The largest absolute Gasteiger partial charge is 0.294 e. The fourth-order valence-corrected chi connectivity index (χ4v) is 1.62. The maximum absolute atomic E-state index is 11.2. The molecule has 0 aliphatic heterocycles. The van der Waals surface area contributed by atoms with Crippen LogP contribution in [0.5, 0.6) is 0 Å². The summed E-state index contributed by atoms with van der Waals surface area (Å²) in [5, 5.41) is 16.8. The number of hydrogen-bond donors (Lipinski definition) is 1. The minimum atomic E-state index is -0.225. The normalized spacial score (nSPS) is 11.5. The smallest absolute Gasteiger partial charge is 0.170 e. The number of ketones is 1. The number of benzene rings is 1. The molecule has 0 radical (unpaired) electrons. The summed E-state index contributed by atoms with van der Waals surface area (Å²) in [4.78, 5) is 11.2. The lowest BCUT2D eigenvalue weighted by atomic mass is 10.1. The number of aromatic nitrogens is 2. The molecule has 1 aromatic heterocycles. The van der Waals surface area contributed by atoms with Gasteiger partial charge in [0, 0.05) is 11.1 Å². The molecule has 0 aliphatic rings. The van der Waals surface area contributed by atoms with Crippen LogP contribution >= 0.6 is 0 Å². The topological polar surface area (TPSA) is 69.5 Å². The van der Waals surface area contributed by atoms with Crippen LogP contribution in [0.3, 0.4) is 0 Å². The van der Waals surface area contributed by atoms with Gasteiger partial charge in [0.15, 0.2) is 5.78 Å². The van der Waals surface area contributed by atoms with E-state index in [9.17, 15) is 4.79 Å². The number of carbonyl (C=O) groups is 1. The molecule has 0 saturated carbocycles. The SMILES string of the molecule is CC(=O)/C(C#N)=C/c1ccc2n[nH]c(C)c2c1. The van der Waals surface area contributed by atoms with Crippen molar-refractivity contribution in [3.63, 3.8) is 0 Å². The zero-order valence-corrected chi connectivity index (χ0v) is 9.61. The first-order chi connectivity index (χ1) is 8.11. The quantitative estimate of drug-likeness (QED) is 0.630. The Hall–Kier alpha value is -2.41. The van der Waals surface area contributed by atoms with Gasteiger partial charge in [-0.15, -0.1) is 0 Å². The zero-order valence-electron chi connectivity index (χ0n) is 9.61. The third kappa shape index (κ3) is 2.08. The summed E-state index contributed by atoms with van der Waals surface area (Å²) in [7, 11) is 0. The van der Waals surface area contributed by atoms with Gasteiger partial charge in [0.25, 0.3) is 0 Å². The van der Waals surface area contributed by atoms with E-state index in [1.807, 2.05) is 31.2 Å². The number of aromatic amines is 1. The molecule has 2 aromatic rings. The van der Waals surface area contributed by atoms with Crippen molar-refractivity contribution in [2.75, 3.05) is 0 Å². The maximum atomic E-state index is 11.2. The number of H-pyrrole nitrogens is 1. The summed E-state index contributed by atoms with van der Waals surface area (Å²) in [5.74, 6) is -0.225. The number of allylic oxidation sites excluding steroid dienone is 1. The highest BCUT2D eigenvalue weighted by atomic mass is 16.1. The number of Topliss-reactive ketones (excluding diaryl/α,β-unsaturated/α-hetero) is 1. The Labute approximate surface area is 98.6 Å². The number of hydrogen-bond acceptors (Lipinski definition) is 3. The predicted octanol–water partition coefficient (Wildman–Crippen LogP) is 2.37. The second-order valence-corrected chi connectivity index (χ2v) is 3.85. The number of nitriles is 1. The molecule has 0 unspecified atom stereocenters. The van der Waals surface area contributed by atoms with Crippen LogP contribution in [0.15, 0.2) is 23.8 Å². The molecule has 0 bridgehead atoms. The number of rotatable bonds is 2. The van der Waals surface area contributed by atoms with E-state index in [4.69, 9.17) is 5.26 Å². The Bertz CT molecular complexity index is 659. The molecule has 2 rings (SSSR count). The van der Waals surface area contributed by atoms with Crippen molar-refractivity contribution in [3.05, 3.63) is 35.0 Å². The molecule has 0 spiro atoms. The Kier molecular flexibility index (Phi) is 2.75. The van der Waals surface area contributed by atoms with E-state index in [0.29, 0.717) is 0 Å². The van der Waals surface area contributed by atoms with Crippen LogP contribution in [0.1, 0.15) is 18.2 Å². The van der Waals surface area contributed by atoms with Gasteiger partial charge in [0.05, 0.1) is 11.1 Å². The summed E-state index contributed by atoms with van der Waals surface area (Å²) in [5.41, 5.74) is 2.83. The van der Waals surface area contributed by atoms with Gasteiger partial charge >= 0.3 is 0 Å². The van der Waals surface area contributed by atoms with Gasteiger partial charge in [-0.3, -0.25) is 9.89 Å². The van der Waals surface area contributed by atoms with Crippen molar-refractivity contribution in [2.45, 2.75) is 13.8 Å². The van der Waals surface area contributed by atoms with Crippen molar-refractivity contribution in [1.29, 1.82) is 5.26 Å². The fraction of sp³-hybridized carbons (Fsp3) is 0.154. The van der Waals surface area contributed by atoms with E-state index in [-0.39, 0.29) is 11.4 Å². The minimum Gasteiger partial charge on any atom is -0.294 e. The van der Waals surface area contributed by atoms with Crippen LogP contribution in [0.25, 0.3) is 17.0 Å². The van der Waals surface area contributed by atoms with Gasteiger partial charge in [0.2, 0.25) is 0 Å². The standard InChI is InChI=1S/C13H11N3O/c1-8-12-6-10(3-4-13(12)16-15-8)5-11(7-14)9(2)17/h3-6H,1-2H3,(H,15,16)/b11-5+. The molecule has 0 aliphatic carbocycles. The summed E-state index contributed by atoms with van der Waals surface area (Å²) < 4.78 is 0. The number of fused-ring (bicyclic) bond motifs is 1. The molecule has 1 aromatic carbocycles. The van der Waals surface area contributed by atoms with E-state index >= 15 is 0 Å². The predicted molar refractivity (Wildman–Crippen MR) is 65.1 cm³/mol. The molecule has 84 valence electrons. The van der Waals surface area contributed by atoms with Gasteiger partial charge in [-0.05, 0) is 37.6 Å². The van der Waals surface area contributed by atoms with E-state index in [2.05, 4.69) is 10.2 Å². The highest BCUT2D eigenvalue weighted by Gasteiger charge is 2.04. The summed E-state index contributed by atoms with van der Waals surface area (Å²) in [6, 6.07) is 7.50. The summed E-state index contributed by atoms with van der Waals surface area (Å²) in [6.45, 7) is 3.32. The van der Waals surface area contributed by atoms with E-state index in [1.165, 1.54) is 6.92 Å². The molecule has 4 nitrogen and oxygen atoms in total. The molecule has 0 atom stereocenters. The van der Waals surface area contributed by atoms with Gasteiger partial charge < -0.3 is 0 Å². The van der Waals surface area contributed by atoms with Gasteiger partial charge in [-0.25, -0.2) is 0 Å². The lowest BCUT2D eigenvalue weighted by Crippen LogP contribution is -1.92. The number of nitrogens with one attached hydrogen (secondary N) is 1. The van der Waals surface area contributed by atoms with Crippen molar-refractivity contribution in [2.24, 2.45) is 0 Å². The second kappa shape index (κ2) is 4.22. The number of nitrogens with zero attached hydrogens (tertiary/aromatic N) is 2. The molecule has 4 heteroatoms. The summed E-state index contributed by atoms with van der Waals surface area (Å²) in [6.07, 6.45) is 1.59. The molecule has 0 saturated heterocycles. The highest BCUT2D eigenvalue weighted by Crippen LogP contribution is 2.18. The zero-order chi connectivity index (χ0) is 12.4. The van der Waals surface area contributed by atoms with Crippen LogP contribution in [-0.2, 0) is 4.79 Å². The van der Waals surface area contributed by atoms with Crippen LogP contribution in [0.4, 0.5) is 0 Å². The Balaban J connectivity index is 2.54. The van der Waals surface area contributed by atoms with Crippen LogP contribution in [0, 0.1) is 18.3 Å². The van der Waals surface area contributed by atoms with Crippen molar-refractivity contribution in [1.82, 2.24) is 10.2 Å². The van der Waals surface area contributed by atoms with Crippen molar-refractivity contribution in [3.8, 4) is 6.07 Å². The molecule has 1 heterocycles. The number of aryl methyl sites for hydroxylation is 1. The third-order valence-corrected chi connectivity index (χ3v) is 2.58. The Morgan fingerprint density at radius 1 is 1.53 bits per heavy atom. The Morgan fingerprint density at radius 2 is 2.29 bits per heavy atom. The lowest BCUT2D eigenvalue weighted by Gasteiger charge is -1.96. The molecule has 0 fully saturated rings. The third-order valence-electron chi connectivity index (χ3n) is 2.58. The van der Waals surface area contributed by atoms with Crippen LogP contribution in [-0.4, -0.2) is 16.0 Å². The van der Waals surface area contributed by atoms with Gasteiger partial charge in [-0.1, -0.05) is 6.07 Å². The monoisotopic (exact) mass is 225 g/mol. The second-order valence-electron chi connectivity index (χ2n) is 3.85. The van der Waals surface area contributed by atoms with Gasteiger partial charge in [-0.2, -0.15) is 10.4 Å². The first-order valence-electron chi connectivity index (χ1n) is 5.19. The van der Waals surface area contributed by atoms with E-state index in [0.717, 1.165) is 22.2 Å². The first kappa shape index (κ1) is 11.1. The van der Waals surface area contributed by atoms with Crippen LogP contribution in [0.2, 0.25) is 0 Å². The molecule has 0 amide bonds. The number of carbonyl (C=O) groups excluding carboxylic acids is 1. The Morgan fingerprint density at radius 3 is 2.94 bits per heavy atom. The molecular formula is C13H11N3O. The fourth-order valence-electron chi connectivity index (χ4n) is 1.62. The van der Waals surface area contributed by atoms with E-state index in [1.54, 1.807) is 6.08 Å². The van der Waals surface area contributed by atoms with Crippen LogP contribution < -0.4 is 0 Å². The van der Waals surface area contributed by atoms with Crippen molar-refractivity contribution < 1.29 is 4.79 Å². The lowest BCUT2D eigenvalue weighted by molar-refractivity contribution is -0.113. The average Bonchev–Trinajstić information content (AvgIpc) is 2.67. The highest BCUT2D eigenvalue weighted by molar-refractivity contribution is 6.02. The average molecular weight is 225 g/mol. The maximum Gasteiger partial charge on any atom is 0.170 e. The van der Waals surface area contributed by atoms with Gasteiger partial charge in [0.1, 0.15) is 6.07 Å². The molecular weight excluding hydrogens is 214 g/mol. The first-order valence-corrected chi connectivity index (χ1v) is 5.19. The molecule has 17 heavy (non-hydrogen) atoms. The van der Waals surface area contributed by atoms with Crippen molar-refractivity contribution >= 4 is 22.8 Å². The molecule has 1 N–H and O–H groups in total. The minimum absolute atomic E-state index is 0.158.